The normalized spacial score (nSPS) is 13.8. The van der Waals surface area contributed by atoms with Crippen LogP contribution in [-0.4, -0.2) is 33.4 Å². The number of benzene rings is 2. The summed E-state index contributed by atoms with van der Waals surface area (Å²) in [5.41, 5.74) is 3.93. The third-order valence-corrected chi connectivity index (χ3v) is 6.09. The molecule has 0 radical (unpaired) electrons. The Labute approximate surface area is 142 Å². The van der Waals surface area contributed by atoms with Gasteiger partial charge in [0, 0.05) is 32.9 Å². The Balaban J connectivity index is 1.84. The number of fused-ring (bicyclic) bond motifs is 1. The molecule has 0 atom stereocenters. The lowest BCUT2D eigenvalue weighted by molar-refractivity contribution is 0.520. The Morgan fingerprint density at radius 1 is 1.17 bits per heavy atom. The van der Waals surface area contributed by atoms with Crippen LogP contribution in [0, 0.1) is 11.3 Å². The fraction of sp³-hybridized carbons (Fsp3) is 0.278. The molecule has 0 spiro atoms. The van der Waals surface area contributed by atoms with Gasteiger partial charge in [-0.25, -0.2) is 12.7 Å². The van der Waals surface area contributed by atoms with E-state index in [4.69, 9.17) is 5.26 Å². The van der Waals surface area contributed by atoms with Crippen LogP contribution in [0.5, 0.6) is 0 Å². The number of rotatable bonds is 4. The van der Waals surface area contributed by atoms with E-state index in [0.717, 1.165) is 36.3 Å². The highest BCUT2D eigenvalue weighted by molar-refractivity contribution is 7.89. The first-order chi connectivity index (χ1) is 11.4. The molecule has 3 rings (SSSR count). The molecule has 0 N–H and O–H groups in total. The first-order valence-corrected chi connectivity index (χ1v) is 9.15. The maximum Gasteiger partial charge on any atom is 0.242 e. The maximum absolute atomic E-state index is 12.3. The summed E-state index contributed by atoms with van der Waals surface area (Å²) >= 11 is 0. The molecular weight excluding hydrogens is 322 g/mol. The lowest BCUT2D eigenvalue weighted by atomic mass is 10.1. The van der Waals surface area contributed by atoms with Crippen LogP contribution in [0.25, 0.3) is 0 Å². The van der Waals surface area contributed by atoms with Crippen molar-refractivity contribution in [2.45, 2.75) is 17.9 Å². The molecule has 24 heavy (non-hydrogen) atoms. The minimum atomic E-state index is -3.40. The Morgan fingerprint density at radius 2 is 1.88 bits per heavy atom. The molecule has 2 aromatic rings. The Bertz CT molecular complexity index is 897. The van der Waals surface area contributed by atoms with Gasteiger partial charge in [0.15, 0.2) is 0 Å². The molecule has 1 aliphatic rings. The van der Waals surface area contributed by atoms with E-state index in [9.17, 15) is 8.42 Å². The van der Waals surface area contributed by atoms with Gasteiger partial charge in [-0.3, -0.25) is 0 Å². The van der Waals surface area contributed by atoms with E-state index in [1.807, 2.05) is 30.3 Å². The van der Waals surface area contributed by atoms with Gasteiger partial charge in [0.05, 0.1) is 16.5 Å². The molecule has 0 bridgehead atoms. The van der Waals surface area contributed by atoms with Gasteiger partial charge in [-0.1, -0.05) is 12.1 Å². The summed E-state index contributed by atoms with van der Waals surface area (Å²) in [5.74, 6) is 0. The van der Waals surface area contributed by atoms with Crippen LogP contribution in [0.3, 0.4) is 0 Å². The zero-order chi connectivity index (χ0) is 17.3. The third kappa shape index (κ3) is 3.01. The molecule has 1 aliphatic heterocycles. The lowest BCUT2D eigenvalue weighted by Crippen LogP contribution is -2.22. The smallest absolute Gasteiger partial charge is 0.242 e. The molecular formula is C18H19N3O2S. The molecule has 0 saturated carbocycles. The number of hydrogen-bond donors (Lipinski definition) is 0. The fourth-order valence-corrected chi connectivity index (χ4v) is 3.84. The molecule has 0 aromatic heterocycles. The van der Waals surface area contributed by atoms with E-state index in [1.165, 1.54) is 4.31 Å². The third-order valence-electron chi connectivity index (χ3n) is 4.28. The molecule has 0 unspecified atom stereocenters. The van der Waals surface area contributed by atoms with Crippen molar-refractivity contribution in [1.82, 2.24) is 4.31 Å². The van der Waals surface area contributed by atoms with Crippen molar-refractivity contribution in [2.75, 3.05) is 25.5 Å². The van der Waals surface area contributed by atoms with Crippen molar-refractivity contribution in [3.05, 3.63) is 59.2 Å². The van der Waals surface area contributed by atoms with E-state index in [2.05, 4.69) is 11.0 Å². The predicted molar refractivity (Wildman–Crippen MR) is 93.2 cm³/mol. The number of nitrogens with zero attached hydrogens (tertiary/aromatic N) is 3. The largest absolute Gasteiger partial charge is 0.367 e. The van der Waals surface area contributed by atoms with Gasteiger partial charge in [0.1, 0.15) is 0 Å². The van der Waals surface area contributed by atoms with Crippen molar-refractivity contribution in [2.24, 2.45) is 0 Å². The summed E-state index contributed by atoms with van der Waals surface area (Å²) in [6.45, 7) is 1.61. The van der Waals surface area contributed by atoms with E-state index in [1.54, 1.807) is 26.2 Å². The molecule has 2 aromatic carbocycles. The SMILES string of the molecule is CN(C)S(=O)(=O)c1ccc2c(c1)CCN2Cc1ccc(C#N)cc1. The molecule has 0 fully saturated rings. The van der Waals surface area contributed by atoms with Crippen LogP contribution in [0.1, 0.15) is 16.7 Å². The minimum absolute atomic E-state index is 0.339. The summed E-state index contributed by atoms with van der Waals surface area (Å²) in [6.07, 6.45) is 0.836. The average molecular weight is 341 g/mol. The van der Waals surface area contributed by atoms with Crippen LogP contribution in [0.4, 0.5) is 5.69 Å². The molecule has 0 amide bonds. The van der Waals surface area contributed by atoms with Crippen LogP contribution < -0.4 is 4.90 Å². The van der Waals surface area contributed by atoms with Gasteiger partial charge in [0.2, 0.25) is 10.0 Å². The van der Waals surface area contributed by atoms with E-state index in [-0.39, 0.29) is 0 Å². The molecule has 0 saturated heterocycles. The summed E-state index contributed by atoms with van der Waals surface area (Å²) in [6, 6.07) is 15.0. The van der Waals surface area contributed by atoms with Crippen molar-refractivity contribution in [3.63, 3.8) is 0 Å². The average Bonchev–Trinajstić information content (AvgIpc) is 2.97. The van der Waals surface area contributed by atoms with Crippen molar-refractivity contribution >= 4 is 15.7 Å². The number of nitriles is 1. The zero-order valence-corrected chi connectivity index (χ0v) is 14.5. The highest BCUT2D eigenvalue weighted by Crippen LogP contribution is 2.31. The molecule has 5 nitrogen and oxygen atoms in total. The zero-order valence-electron chi connectivity index (χ0n) is 13.7. The molecule has 0 aliphatic carbocycles. The molecule has 1 heterocycles. The second-order valence-corrected chi connectivity index (χ2v) is 8.21. The number of sulfonamides is 1. The molecule has 6 heteroatoms. The van der Waals surface area contributed by atoms with Crippen molar-refractivity contribution < 1.29 is 8.42 Å². The second-order valence-electron chi connectivity index (χ2n) is 6.06. The first-order valence-electron chi connectivity index (χ1n) is 7.71. The highest BCUT2D eigenvalue weighted by atomic mass is 32.2. The van der Waals surface area contributed by atoms with Gasteiger partial charge in [-0.05, 0) is 47.9 Å². The van der Waals surface area contributed by atoms with Gasteiger partial charge in [-0.2, -0.15) is 5.26 Å². The molecule has 124 valence electrons. The van der Waals surface area contributed by atoms with Gasteiger partial charge in [0.25, 0.3) is 0 Å². The Kier molecular flexibility index (Phi) is 4.31. The van der Waals surface area contributed by atoms with Gasteiger partial charge < -0.3 is 4.90 Å². The number of hydrogen-bond acceptors (Lipinski definition) is 4. The van der Waals surface area contributed by atoms with Crippen LogP contribution >= 0.6 is 0 Å². The lowest BCUT2D eigenvalue weighted by Gasteiger charge is -2.20. The second kappa shape index (κ2) is 6.27. The summed E-state index contributed by atoms with van der Waals surface area (Å²) < 4.78 is 25.7. The fourth-order valence-electron chi connectivity index (χ4n) is 2.89. The predicted octanol–water partition coefficient (Wildman–Crippen LogP) is 2.37. The van der Waals surface area contributed by atoms with Gasteiger partial charge in [-0.15, -0.1) is 0 Å². The van der Waals surface area contributed by atoms with E-state index in [0.29, 0.717) is 10.5 Å². The maximum atomic E-state index is 12.3. The van der Waals surface area contributed by atoms with Crippen molar-refractivity contribution in [3.8, 4) is 6.07 Å². The van der Waals surface area contributed by atoms with E-state index >= 15 is 0 Å². The summed E-state index contributed by atoms with van der Waals surface area (Å²) in [5, 5.41) is 8.86. The topological polar surface area (TPSA) is 64.4 Å². The summed E-state index contributed by atoms with van der Waals surface area (Å²) in [4.78, 5) is 2.58. The minimum Gasteiger partial charge on any atom is -0.367 e. The Morgan fingerprint density at radius 3 is 2.50 bits per heavy atom. The standard InChI is InChI=1S/C18H19N3O2S/c1-20(2)24(22,23)17-7-8-18-16(11-17)9-10-21(18)13-15-5-3-14(12-19)4-6-15/h3-8,11H,9-10,13H2,1-2H3. The summed E-state index contributed by atoms with van der Waals surface area (Å²) in [7, 11) is -0.315. The van der Waals surface area contributed by atoms with Crippen LogP contribution in [0.15, 0.2) is 47.4 Å². The first kappa shape index (κ1) is 16.5. The highest BCUT2D eigenvalue weighted by Gasteiger charge is 2.23. The number of anilines is 1. The van der Waals surface area contributed by atoms with Crippen molar-refractivity contribution in [1.29, 1.82) is 5.26 Å². The Hall–Kier alpha value is -2.36. The quantitative estimate of drug-likeness (QED) is 0.856. The van der Waals surface area contributed by atoms with Crippen LogP contribution in [0.2, 0.25) is 0 Å². The van der Waals surface area contributed by atoms with Crippen LogP contribution in [-0.2, 0) is 23.0 Å². The monoisotopic (exact) mass is 341 g/mol. The van der Waals surface area contributed by atoms with Gasteiger partial charge >= 0.3 is 0 Å². The van der Waals surface area contributed by atoms with E-state index < -0.39 is 10.0 Å².